The first-order valence-electron chi connectivity index (χ1n) is 5.63. The van der Waals surface area contributed by atoms with Gasteiger partial charge in [0.05, 0.1) is 0 Å². The highest BCUT2D eigenvalue weighted by Crippen LogP contribution is 2.38. The van der Waals surface area contributed by atoms with Crippen molar-refractivity contribution >= 4 is 5.78 Å². The molecule has 0 spiro atoms. The fourth-order valence-electron chi connectivity index (χ4n) is 2.28. The van der Waals surface area contributed by atoms with Crippen LogP contribution in [0.5, 0.6) is 0 Å². The van der Waals surface area contributed by atoms with Crippen molar-refractivity contribution in [2.75, 3.05) is 0 Å². The summed E-state index contributed by atoms with van der Waals surface area (Å²) >= 11 is 0. The Labute approximate surface area is 87.6 Å². The fourth-order valence-corrected chi connectivity index (χ4v) is 2.28. The van der Waals surface area contributed by atoms with Crippen LogP contribution in [0.2, 0.25) is 0 Å². The standard InChI is InChI=1S/C13H22O/c1-10(2)7-9-13(4)8-5-6-11(3)12(13)14/h7,11H,5-6,8-9H2,1-4H3. The molecule has 1 fully saturated rings. The zero-order valence-electron chi connectivity index (χ0n) is 9.89. The van der Waals surface area contributed by atoms with Crippen molar-refractivity contribution < 1.29 is 4.79 Å². The summed E-state index contributed by atoms with van der Waals surface area (Å²) in [4.78, 5) is 12.0. The predicted octanol–water partition coefficient (Wildman–Crippen LogP) is 3.74. The monoisotopic (exact) mass is 194 g/mol. The molecule has 80 valence electrons. The molecule has 1 nitrogen and oxygen atoms in total. The number of carbonyl (C=O) groups excluding carboxylic acids is 1. The van der Waals surface area contributed by atoms with Crippen LogP contribution in [0.15, 0.2) is 11.6 Å². The molecule has 0 bridgehead atoms. The van der Waals surface area contributed by atoms with E-state index >= 15 is 0 Å². The third kappa shape index (κ3) is 2.46. The Morgan fingerprint density at radius 1 is 1.57 bits per heavy atom. The van der Waals surface area contributed by atoms with E-state index in [4.69, 9.17) is 0 Å². The molecular formula is C13H22O. The topological polar surface area (TPSA) is 17.1 Å². The van der Waals surface area contributed by atoms with Gasteiger partial charge in [-0.15, -0.1) is 0 Å². The van der Waals surface area contributed by atoms with Crippen molar-refractivity contribution in [3.8, 4) is 0 Å². The van der Waals surface area contributed by atoms with Gasteiger partial charge in [0, 0.05) is 11.3 Å². The smallest absolute Gasteiger partial charge is 0.141 e. The maximum atomic E-state index is 12.0. The van der Waals surface area contributed by atoms with E-state index in [1.54, 1.807) is 0 Å². The lowest BCUT2D eigenvalue weighted by Crippen LogP contribution is -2.36. The van der Waals surface area contributed by atoms with Gasteiger partial charge in [-0.1, -0.05) is 31.9 Å². The summed E-state index contributed by atoms with van der Waals surface area (Å²) in [7, 11) is 0. The quantitative estimate of drug-likeness (QED) is 0.612. The van der Waals surface area contributed by atoms with Gasteiger partial charge in [-0.05, 0) is 33.1 Å². The molecule has 1 saturated carbocycles. The van der Waals surface area contributed by atoms with E-state index in [1.807, 2.05) is 0 Å². The Hall–Kier alpha value is -0.590. The highest BCUT2D eigenvalue weighted by molar-refractivity contribution is 5.87. The van der Waals surface area contributed by atoms with Gasteiger partial charge in [-0.25, -0.2) is 0 Å². The number of carbonyl (C=O) groups is 1. The second-order valence-electron chi connectivity index (χ2n) is 5.20. The van der Waals surface area contributed by atoms with Gasteiger partial charge >= 0.3 is 0 Å². The Balaban J connectivity index is 2.71. The summed E-state index contributed by atoms with van der Waals surface area (Å²) in [6.07, 6.45) is 6.50. The summed E-state index contributed by atoms with van der Waals surface area (Å²) < 4.78 is 0. The molecule has 1 aliphatic carbocycles. The lowest BCUT2D eigenvalue weighted by atomic mass is 9.68. The first-order valence-corrected chi connectivity index (χ1v) is 5.63. The van der Waals surface area contributed by atoms with E-state index in [0.717, 1.165) is 19.3 Å². The minimum absolute atomic E-state index is 0.0745. The lowest BCUT2D eigenvalue weighted by Gasteiger charge is -2.34. The lowest BCUT2D eigenvalue weighted by molar-refractivity contribution is -0.134. The SMILES string of the molecule is CC(C)=CCC1(C)CCCC(C)C1=O. The van der Waals surface area contributed by atoms with Gasteiger partial charge < -0.3 is 0 Å². The highest BCUT2D eigenvalue weighted by atomic mass is 16.1. The molecule has 0 amide bonds. The minimum atomic E-state index is -0.0745. The van der Waals surface area contributed by atoms with Crippen molar-refractivity contribution in [3.63, 3.8) is 0 Å². The van der Waals surface area contributed by atoms with E-state index in [1.165, 1.54) is 12.0 Å². The van der Waals surface area contributed by atoms with Crippen molar-refractivity contribution in [3.05, 3.63) is 11.6 Å². The van der Waals surface area contributed by atoms with Crippen LogP contribution in [0.1, 0.15) is 53.4 Å². The third-order valence-corrected chi connectivity index (χ3v) is 3.37. The Morgan fingerprint density at radius 2 is 2.21 bits per heavy atom. The zero-order chi connectivity index (χ0) is 10.8. The van der Waals surface area contributed by atoms with E-state index in [2.05, 4.69) is 33.8 Å². The number of hydrogen-bond donors (Lipinski definition) is 0. The molecule has 0 aromatic rings. The molecule has 1 heteroatoms. The van der Waals surface area contributed by atoms with E-state index in [9.17, 15) is 4.79 Å². The van der Waals surface area contributed by atoms with Crippen LogP contribution in [0.4, 0.5) is 0 Å². The van der Waals surface area contributed by atoms with E-state index in [0.29, 0.717) is 5.78 Å². The molecule has 2 atom stereocenters. The van der Waals surface area contributed by atoms with Gasteiger partial charge in [0.2, 0.25) is 0 Å². The third-order valence-electron chi connectivity index (χ3n) is 3.37. The number of allylic oxidation sites excluding steroid dienone is 2. The van der Waals surface area contributed by atoms with Gasteiger partial charge in [0.15, 0.2) is 0 Å². The maximum absolute atomic E-state index is 12.0. The van der Waals surface area contributed by atoms with Gasteiger partial charge in [-0.3, -0.25) is 4.79 Å². The zero-order valence-corrected chi connectivity index (χ0v) is 9.89. The van der Waals surface area contributed by atoms with Crippen LogP contribution >= 0.6 is 0 Å². The summed E-state index contributed by atoms with van der Waals surface area (Å²) in [5, 5.41) is 0. The predicted molar refractivity (Wildman–Crippen MR) is 60.2 cm³/mol. The van der Waals surface area contributed by atoms with E-state index < -0.39 is 0 Å². The molecule has 1 rings (SSSR count). The average molecular weight is 194 g/mol. The van der Waals surface area contributed by atoms with Crippen molar-refractivity contribution in [2.24, 2.45) is 11.3 Å². The molecule has 0 heterocycles. The van der Waals surface area contributed by atoms with Crippen LogP contribution in [0, 0.1) is 11.3 Å². The molecule has 0 saturated heterocycles. The largest absolute Gasteiger partial charge is 0.299 e. The Morgan fingerprint density at radius 3 is 2.79 bits per heavy atom. The highest BCUT2D eigenvalue weighted by Gasteiger charge is 2.37. The van der Waals surface area contributed by atoms with Gasteiger partial charge in [0.1, 0.15) is 5.78 Å². The number of rotatable bonds is 2. The number of ketones is 1. The molecule has 0 radical (unpaired) electrons. The molecule has 0 aromatic heterocycles. The second-order valence-corrected chi connectivity index (χ2v) is 5.20. The van der Waals surface area contributed by atoms with Gasteiger partial charge in [0.25, 0.3) is 0 Å². The summed E-state index contributed by atoms with van der Waals surface area (Å²) in [6.45, 7) is 8.40. The number of Topliss-reactive ketones (excluding diaryl/α,β-unsaturated/α-hetero) is 1. The first-order chi connectivity index (χ1) is 6.46. The minimum Gasteiger partial charge on any atom is -0.299 e. The summed E-state index contributed by atoms with van der Waals surface area (Å²) in [6, 6.07) is 0. The fraction of sp³-hybridized carbons (Fsp3) is 0.769. The normalized spacial score (nSPS) is 32.9. The van der Waals surface area contributed by atoms with Crippen LogP contribution in [-0.2, 0) is 4.79 Å². The maximum Gasteiger partial charge on any atom is 0.141 e. The average Bonchev–Trinajstić information content (AvgIpc) is 2.11. The van der Waals surface area contributed by atoms with Crippen molar-refractivity contribution in [1.82, 2.24) is 0 Å². The van der Waals surface area contributed by atoms with Crippen LogP contribution < -0.4 is 0 Å². The van der Waals surface area contributed by atoms with Crippen LogP contribution in [0.25, 0.3) is 0 Å². The van der Waals surface area contributed by atoms with Crippen molar-refractivity contribution in [1.29, 1.82) is 0 Å². The van der Waals surface area contributed by atoms with Crippen LogP contribution in [0.3, 0.4) is 0 Å². The van der Waals surface area contributed by atoms with Gasteiger partial charge in [-0.2, -0.15) is 0 Å². The molecule has 14 heavy (non-hydrogen) atoms. The van der Waals surface area contributed by atoms with E-state index in [-0.39, 0.29) is 11.3 Å². The second kappa shape index (κ2) is 4.29. The summed E-state index contributed by atoms with van der Waals surface area (Å²) in [5.41, 5.74) is 1.24. The molecular weight excluding hydrogens is 172 g/mol. The Bertz CT molecular complexity index is 248. The summed E-state index contributed by atoms with van der Waals surface area (Å²) in [5.74, 6) is 0.751. The first kappa shape index (κ1) is 11.5. The number of hydrogen-bond acceptors (Lipinski definition) is 1. The van der Waals surface area contributed by atoms with Crippen LogP contribution in [-0.4, -0.2) is 5.78 Å². The molecule has 2 unspecified atom stereocenters. The van der Waals surface area contributed by atoms with Crippen molar-refractivity contribution in [2.45, 2.75) is 53.4 Å². The Kier molecular flexibility index (Phi) is 3.52. The molecule has 0 aliphatic heterocycles. The molecule has 0 N–H and O–H groups in total. The molecule has 1 aliphatic rings. The molecule has 0 aromatic carbocycles.